The van der Waals surface area contributed by atoms with Crippen LogP contribution in [0, 0.1) is 0 Å². The number of methoxy groups -OCH3 is 1. The quantitative estimate of drug-likeness (QED) is 0.781. The molecule has 3 rings (SSSR count). The maximum absolute atomic E-state index is 12.3. The second-order valence-corrected chi connectivity index (χ2v) is 5.71. The van der Waals surface area contributed by atoms with E-state index >= 15 is 0 Å². The van der Waals surface area contributed by atoms with Crippen molar-refractivity contribution in [2.75, 3.05) is 20.3 Å². The number of para-hydroxylation sites is 2. The molecule has 25 heavy (non-hydrogen) atoms. The highest BCUT2D eigenvalue weighted by Crippen LogP contribution is 2.26. The summed E-state index contributed by atoms with van der Waals surface area (Å²) in [5, 5.41) is 10.1. The number of aliphatic hydroxyl groups excluding tert-OH is 1. The average molecular weight is 341 g/mol. The summed E-state index contributed by atoms with van der Waals surface area (Å²) in [4.78, 5) is 25.7. The van der Waals surface area contributed by atoms with Crippen molar-refractivity contribution in [1.29, 1.82) is 0 Å². The van der Waals surface area contributed by atoms with Crippen LogP contribution < -0.4 is 9.47 Å². The third-order valence-corrected chi connectivity index (χ3v) is 4.06. The predicted octanol–water partition coefficient (Wildman–Crippen LogP) is 2.12. The molecule has 0 aromatic heterocycles. The first-order valence-electron chi connectivity index (χ1n) is 8.01. The van der Waals surface area contributed by atoms with E-state index in [2.05, 4.69) is 0 Å². The van der Waals surface area contributed by atoms with Gasteiger partial charge in [-0.15, -0.1) is 0 Å². The summed E-state index contributed by atoms with van der Waals surface area (Å²) in [7, 11) is 1.54. The van der Waals surface area contributed by atoms with E-state index in [1.54, 1.807) is 43.5 Å². The Bertz CT molecular complexity index is 754. The van der Waals surface area contributed by atoms with Crippen LogP contribution in [0.1, 0.15) is 27.1 Å². The molecule has 1 N–H and O–H groups in total. The van der Waals surface area contributed by atoms with Crippen molar-refractivity contribution in [3.8, 4) is 11.5 Å². The molecule has 1 heterocycles. The molecule has 0 aliphatic carbocycles. The Balaban J connectivity index is 1.54. The second kappa shape index (κ2) is 7.36. The monoisotopic (exact) mass is 341 g/mol. The number of hydrogen-bond donors (Lipinski definition) is 1. The van der Waals surface area contributed by atoms with Crippen LogP contribution in [0.4, 0.5) is 0 Å². The van der Waals surface area contributed by atoms with Gasteiger partial charge in [0.1, 0.15) is 6.61 Å². The van der Waals surface area contributed by atoms with Gasteiger partial charge in [0.2, 0.25) is 0 Å². The maximum atomic E-state index is 12.3. The standard InChI is InChI=1S/C19H19NO5/c1-24-16-8-4-5-9-17(16)25-12-13(21)10-11-20-18(22)14-6-2-3-7-15(14)19(20)23/h2-9,13,21H,10-12H2,1H3. The molecule has 0 saturated heterocycles. The fourth-order valence-corrected chi connectivity index (χ4v) is 2.73. The van der Waals surface area contributed by atoms with Crippen molar-refractivity contribution in [1.82, 2.24) is 4.90 Å². The van der Waals surface area contributed by atoms with Crippen molar-refractivity contribution >= 4 is 11.8 Å². The van der Waals surface area contributed by atoms with E-state index < -0.39 is 6.10 Å². The Hall–Kier alpha value is -2.86. The van der Waals surface area contributed by atoms with Gasteiger partial charge in [-0.2, -0.15) is 0 Å². The van der Waals surface area contributed by atoms with Gasteiger partial charge in [0, 0.05) is 6.54 Å². The second-order valence-electron chi connectivity index (χ2n) is 5.71. The lowest BCUT2D eigenvalue weighted by atomic mass is 10.1. The minimum Gasteiger partial charge on any atom is -0.493 e. The summed E-state index contributed by atoms with van der Waals surface area (Å²) in [5.41, 5.74) is 0.819. The minimum absolute atomic E-state index is 0.0452. The lowest BCUT2D eigenvalue weighted by molar-refractivity contribution is 0.0580. The molecule has 0 saturated carbocycles. The van der Waals surface area contributed by atoms with Gasteiger partial charge in [0.15, 0.2) is 11.5 Å². The fraction of sp³-hybridized carbons (Fsp3) is 0.263. The van der Waals surface area contributed by atoms with Crippen molar-refractivity contribution in [2.45, 2.75) is 12.5 Å². The van der Waals surface area contributed by atoms with Gasteiger partial charge in [-0.25, -0.2) is 0 Å². The Labute approximate surface area is 145 Å². The summed E-state index contributed by atoms with van der Waals surface area (Å²) in [5.74, 6) is 0.469. The van der Waals surface area contributed by atoms with Crippen molar-refractivity contribution in [3.63, 3.8) is 0 Å². The van der Waals surface area contributed by atoms with Crippen molar-refractivity contribution in [3.05, 3.63) is 59.7 Å². The average Bonchev–Trinajstić information content (AvgIpc) is 2.89. The first-order chi connectivity index (χ1) is 12.1. The summed E-state index contributed by atoms with van der Waals surface area (Å²) in [6.45, 7) is 0.187. The van der Waals surface area contributed by atoms with Gasteiger partial charge in [-0.05, 0) is 30.7 Å². The molecule has 1 aliphatic heterocycles. The van der Waals surface area contributed by atoms with E-state index in [0.717, 1.165) is 4.90 Å². The van der Waals surface area contributed by atoms with Gasteiger partial charge in [-0.3, -0.25) is 14.5 Å². The fourth-order valence-electron chi connectivity index (χ4n) is 2.73. The lowest BCUT2D eigenvalue weighted by Crippen LogP contribution is -2.33. The zero-order valence-electron chi connectivity index (χ0n) is 13.8. The van der Waals surface area contributed by atoms with Gasteiger partial charge >= 0.3 is 0 Å². The van der Waals surface area contributed by atoms with E-state index in [1.165, 1.54) is 0 Å². The summed E-state index contributed by atoms with van der Waals surface area (Å²) < 4.78 is 10.7. The number of benzene rings is 2. The van der Waals surface area contributed by atoms with Crippen LogP contribution in [0.15, 0.2) is 48.5 Å². The van der Waals surface area contributed by atoms with E-state index in [-0.39, 0.29) is 31.4 Å². The highest BCUT2D eigenvalue weighted by molar-refractivity contribution is 6.21. The third kappa shape index (κ3) is 3.49. The van der Waals surface area contributed by atoms with Crippen LogP contribution in [-0.2, 0) is 0 Å². The van der Waals surface area contributed by atoms with Crippen LogP contribution in [0.5, 0.6) is 11.5 Å². The van der Waals surface area contributed by atoms with Crippen LogP contribution in [-0.4, -0.2) is 48.2 Å². The molecular formula is C19H19NO5. The molecule has 1 unspecified atom stereocenters. The Morgan fingerprint density at radius 2 is 1.52 bits per heavy atom. The number of aliphatic hydroxyl groups is 1. The van der Waals surface area contributed by atoms with Gasteiger partial charge in [0.25, 0.3) is 11.8 Å². The normalized spacial score (nSPS) is 14.4. The molecule has 6 heteroatoms. The van der Waals surface area contributed by atoms with Crippen LogP contribution >= 0.6 is 0 Å². The van der Waals surface area contributed by atoms with E-state index in [9.17, 15) is 14.7 Å². The number of amides is 2. The highest BCUT2D eigenvalue weighted by atomic mass is 16.5. The van der Waals surface area contributed by atoms with Crippen molar-refractivity contribution < 1.29 is 24.2 Å². The SMILES string of the molecule is COc1ccccc1OCC(O)CCN1C(=O)c2ccccc2C1=O. The first kappa shape index (κ1) is 17.0. The number of imide groups is 1. The molecule has 2 amide bonds. The summed E-state index contributed by atoms with van der Waals surface area (Å²) >= 11 is 0. The molecule has 130 valence electrons. The number of carbonyl (C=O) groups excluding carboxylic acids is 2. The van der Waals surface area contributed by atoms with E-state index in [0.29, 0.717) is 22.6 Å². The van der Waals surface area contributed by atoms with E-state index in [1.807, 2.05) is 12.1 Å². The van der Waals surface area contributed by atoms with Crippen LogP contribution in [0.3, 0.4) is 0 Å². The molecule has 0 spiro atoms. The zero-order chi connectivity index (χ0) is 17.8. The first-order valence-corrected chi connectivity index (χ1v) is 8.01. The molecule has 2 aromatic rings. The van der Waals surface area contributed by atoms with Crippen LogP contribution in [0.25, 0.3) is 0 Å². The van der Waals surface area contributed by atoms with Crippen LogP contribution in [0.2, 0.25) is 0 Å². The van der Waals surface area contributed by atoms with Gasteiger partial charge < -0.3 is 14.6 Å². The molecule has 2 aromatic carbocycles. The Morgan fingerprint density at radius 1 is 0.960 bits per heavy atom. The molecule has 1 atom stereocenters. The maximum Gasteiger partial charge on any atom is 0.261 e. The number of carbonyl (C=O) groups is 2. The molecule has 0 bridgehead atoms. The Kier molecular flexibility index (Phi) is 5.00. The number of hydrogen-bond acceptors (Lipinski definition) is 5. The van der Waals surface area contributed by atoms with Crippen molar-refractivity contribution in [2.24, 2.45) is 0 Å². The zero-order valence-corrected chi connectivity index (χ0v) is 13.8. The number of rotatable bonds is 7. The molecule has 0 fully saturated rings. The smallest absolute Gasteiger partial charge is 0.261 e. The number of fused-ring (bicyclic) bond motifs is 1. The lowest BCUT2D eigenvalue weighted by Gasteiger charge is -2.18. The third-order valence-electron chi connectivity index (χ3n) is 4.06. The molecular weight excluding hydrogens is 322 g/mol. The highest BCUT2D eigenvalue weighted by Gasteiger charge is 2.34. The number of ether oxygens (including phenoxy) is 2. The molecule has 6 nitrogen and oxygen atoms in total. The topological polar surface area (TPSA) is 76.1 Å². The minimum atomic E-state index is -0.811. The Morgan fingerprint density at radius 3 is 2.12 bits per heavy atom. The van der Waals surface area contributed by atoms with E-state index in [4.69, 9.17) is 9.47 Å². The summed E-state index contributed by atoms with van der Waals surface area (Å²) in [6, 6.07) is 13.9. The predicted molar refractivity (Wildman–Crippen MR) is 90.9 cm³/mol. The largest absolute Gasteiger partial charge is 0.493 e. The molecule has 1 aliphatic rings. The number of nitrogens with zero attached hydrogens (tertiary/aromatic N) is 1. The molecule has 0 radical (unpaired) electrons. The van der Waals surface area contributed by atoms with Gasteiger partial charge in [0.05, 0.1) is 24.3 Å². The summed E-state index contributed by atoms with van der Waals surface area (Å²) in [6.07, 6.45) is -0.574. The van der Waals surface area contributed by atoms with Gasteiger partial charge in [-0.1, -0.05) is 24.3 Å².